The van der Waals surface area contributed by atoms with E-state index in [4.69, 9.17) is 56.6 Å². The Bertz CT molecular complexity index is 253. The number of halogens is 4. The highest BCUT2D eigenvalue weighted by Crippen LogP contribution is 2.38. The Hall–Kier alpha value is 1.26. The maximum Gasteiger partial charge on any atom is 0.0938 e. The number of allylic oxidation sites excluding steroid dienone is 2. The molecule has 16 heavy (non-hydrogen) atoms. The smallest absolute Gasteiger partial charge is 0.0938 e. The van der Waals surface area contributed by atoms with E-state index < -0.39 is 0 Å². The first kappa shape index (κ1) is 17.3. The van der Waals surface area contributed by atoms with Crippen molar-refractivity contribution in [1.82, 2.24) is 0 Å². The predicted octanol–water partition coefficient (Wildman–Crippen LogP) is 3.73. The maximum atomic E-state index is 8.61. The fraction of sp³-hybridized carbons (Fsp3) is 0.500. The Morgan fingerprint density at radius 3 is 1.31 bits per heavy atom. The Kier molecular flexibility index (Phi) is 11.0. The van der Waals surface area contributed by atoms with E-state index in [0.29, 0.717) is 11.5 Å². The molecule has 8 heteroatoms. The van der Waals surface area contributed by atoms with E-state index >= 15 is 0 Å². The molecule has 0 aromatic carbocycles. The fourth-order valence-electron chi connectivity index (χ4n) is 0.570. The van der Waals surface area contributed by atoms with Gasteiger partial charge < -0.3 is 10.2 Å². The first-order valence-corrected chi connectivity index (χ1v) is 7.61. The van der Waals surface area contributed by atoms with Gasteiger partial charge in [0, 0.05) is 11.5 Å². The quantitative estimate of drug-likeness (QED) is 0.691. The summed E-state index contributed by atoms with van der Waals surface area (Å²) in [6, 6.07) is 0. The van der Waals surface area contributed by atoms with Crippen LogP contribution in [0.3, 0.4) is 0 Å². The van der Waals surface area contributed by atoms with E-state index in [1.54, 1.807) is 0 Å². The van der Waals surface area contributed by atoms with Crippen molar-refractivity contribution in [2.45, 2.75) is 0 Å². The number of aliphatic hydroxyl groups excluding tert-OH is 2. The highest BCUT2D eigenvalue weighted by molar-refractivity contribution is 8.05. The lowest BCUT2D eigenvalue weighted by Crippen LogP contribution is -1.88. The van der Waals surface area contributed by atoms with Crippen LogP contribution in [0.4, 0.5) is 0 Å². The van der Waals surface area contributed by atoms with Crippen LogP contribution in [-0.2, 0) is 0 Å². The number of aliphatic hydroxyl groups is 2. The second kappa shape index (κ2) is 10.2. The van der Waals surface area contributed by atoms with Gasteiger partial charge in [0.15, 0.2) is 0 Å². The van der Waals surface area contributed by atoms with Crippen molar-refractivity contribution in [3.63, 3.8) is 0 Å². The first-order chi connectivity index (χ1) is 7.54. The molecule has 0 aliphatic carbocycles. The van der Waals surface area contributed by atoms with Gasteiger partial charge in [0.25, 0.3) is 0 Å². The molecule has 0 saturated heterocycles. The van der Waals surface area contributed by atoms with Crippen molar-refractivity contribution in [3.05, 3.63) is 18.8 Å². The number of thioether (sulfide) groups is 2. The lowest BCUT2D eigenvalue weighted by atomic mass is 10.6. The van der Waals surface area contributed by atoms with Gasteiger partial charge >= 0.3 is 0 Å². The minimum atomic E-state index is -0.000612. The Labute approximate surface area is 123 Å². The minimum Gasteiger partial charge on any atom is -0.396 e. The Morgan fingerprint density at radius 1 is 0.750 bits per heavy atom. The van der Waals surface area contributed by atoms with Gasteiger partial charge in [0.05, 0.1) is 32.0 Å². The largest absolute Gasteiger partial charge is 0.396 e. The maximum absolute atomic E-state index is 8.61. The summed E-state index contributed by atoms with van der Waals surface area (Å²) in [5.41, 5.74) is 0. The monoisotopic (exact) mass is 342 g/mol. The number of hydrogen-bond donors (Lipinski definition) is 2. The fourth-order valence-corrected chi connectivity index (χ4v) is 2.95. The molecule has 0 unspecified atom stereocenters. The van der Waals surface area contributed by atoms with E-state index in [1.807, 2.05) is 0 Å². The molecule has 94 valence electrons. The van der Waals surface area contributed by atoms with Crippen LogP contribution in [0.5, 0.6) is 0 Å². The molecule has 0 amide bonds. The summed E-state index contributed by atoms with van der Waals surface area (Å²) in [5.74, 6) is 0.862. The van der Waals surface area contributed by atoms with Crippen molar-refractivity contribution in [2.24, 2.45) is 0 Å². The molecule has 2 N–H and O–H groups in total. The van der Waals surface area contributed by atoms with Gasteiger partial charge in [-0.2, -0.15) is 0 Å². The summed E-state index contributed by atoms with van der Waals surface area (Å²) in [7, 11) is 0. The van der Waals surface area contributed by atoms with Crippen LogP contribution in [0.2, 0.25) is 0 Å². The Morgan fingerprint density at radius 2 is 1.06 bits per heavy atom. The average molecular weight is 344 g/mol. The predicted molar refractivity (Wildman–Crippen MR) is 76.6 cm³/mol. The van der Waals surface area contributed by atoms with Crippen LogP contribution in [0, 0.1) is 0 Å². The van der Waals surface area contributed by atoms with Gasteiger partial charge in [-0.05, 0) is 0 Å². The molecule has 0 atom stereocenters. The van der Waals surface area contributed by atoms with Crippen LogP contribution in [0.25, 0.3) is 0 Å². The summed E-state index contributed by atoms with van der Waals surface area (Å²) < 4.78 is 0.562. The highest BCUT2D eigenvalue weighted by Gasteiger charge is 2.11. The molecule has 0 aliphatic rings. The molecule has 0 saturated carbocycles. The van der Waals surface area contributed by atoms with Crippen LogP contribution in [-0.4, -0.2) is 34.9 Å². The van der Waals surface area contributed by atoms with Crippen LogP contribution < -0.4 is 0 Å². The third-order valence-corrected chi connectivity index (χ3v) is 5.17. The third-order valence-electron chi connectivity index (χ3n) is 1.18. The third kappa shape index (κ3) is 6.87. The molecule has 0 rings (SSSR count). The van der Waals surface area contributed by atoms with Crippen molar-refractivity contribution in [1.29, 1.82) is 0 Å². The second-order valence-electron chi connectivity index (χ2n) is 2.32. The van der Waals surface area contributed by atoms with Crippen LogP contribution >= 0.6 is 69.9 Å². The van der Waals surface area contributed by atoms with E-state index in [2.05, 4.69) is 0 Å². The number of hydrogen-bond acceptors (Lipinski definition) is 4. The summed E-state index contributed by atoms with van der Waals surface area (Å²) in [5, 5.41) is 17.5. The van der Waals surface area contributed by atoms with Gasteiger partial charge in [-0.15, -0.1) is 23.5 Å². The molecule has 0 heterocycles. The summed E-state index contributed by atoms with van der Waals surface area (Å²) in [6.07, 6.45) is 0. The topological polar surface area (TPSA) is 40.5 Å². The zero-order valence-corrected chi connectivity index (χ0v) is 12.7. The molecule has 0 bridgehead atoms. The van der Waals surface area contributed by atoms with Crippen molar-refractivity contribution >= 4 is 69.9 Å². The molecule has 0 aromatic rings. The van der Waals surface area contributed by atoms with E-state index in [9.17, 15) is 0 Å². The first-order valence-electron chi connectivity index (χ1n) is 4.12. The molecule has 0 fully saturated rings. The Balaban J connectivity index is 4.60. The molecule has 2 nitrogen and oxygen atoms in total. The zero-order chi connectivity index (χ0) is 12.6. The van der Waals surface area contributed by atoms with Crippen molar-refractivity contribution < 1.29 is 10.2 Å². The lowest BCUT2D eigenvalue weighted by Gasteiger charge is -2.04. The molecule has 0 spiro atoms. The molecular formula is C8H10Cl4O2S2. The van der Waals surface area contributed by atoms with Gasteiger partial charge in [0.2, 0.25) is 0 Å². The summed E-state index contributed by atoms with van der Waals surface area (Å²) >= 11 is 25.8. The normalized spacial score (nSPS) is 14.6. The standard InChI is InChI=1S/C8H10Cl4O2S2/c9-5(7(11)15-3-1-13)6(10)8(12)16-4-2-14/h13-14H,1-4H2/b7-5-,8-6-. The summed E-state index contributed by atoms with van der Waals surface area (Å²) in [6.45, 7) is -0.00122. The van der Waals surface area contributed by atoms with E-state index in [1.165, 1.54) is 23.5 Å². The van der Waals surface area contributed by atoms with Gasteiger partial charge in [-0.1, -0.05) is 46.4 Å². The molecule has 0 aliphatic heterocycles. The molecule has 0 radical (unpaired) electrons. The molecule has 0 aromatic heterocycles. The second-order valence-corrected chi connectivity index (χ2v) is 6.49. The van der Waals surface area contributed by atoms with Crippen LogP contribution in [0.15, 0.2) is 18.8 Å². The van der Waals surface area contributed by atoms with Gasteiger partial charge in [0.1, 0.15) is 0 Å². The van der Waals surface area contributed by atoms with Crippen molar-refractivity contribution in [2.75, 3.05) is 24.7 Å². The van der Waals surface area contributed by atoms with Gasteiger partial charge in [-0.3, -0.25) is 0 Å². The lowest BCUT2D eigenvalue weighted by molar-refractivity contribution is 0.322. The number of rotatable bonds is 7. The van der Waals surface area contributed by atoms with Crippen molar-refractivity contribution in [3.8, 4) is 0 Å². The highest BCUT2D eigenvalue weighted by atomic mass is 35.5. The zero-order valence-electron chi connectivity index (χ0n) is 8.05. The average Bonchev–Trinajstić information content (AvgIpc) is 2.30. The SMILES string of the molecule is OCCS/C(Cl)=C(Cl)/C(Cl)=C(\Cl)SCCO. The van der Waals surface area contributed by atoms with E-state index in [0.717, 1.165) is 0 Å². The van der Waals surface area contributed by atoms with E-state index in [-0.39, 0.29) is 32.0 Å². The van der Waals surface area contributed by atoms with Crippen LogP contribution in [0.1, 0.15) is 0 Å². The van der Waals surface area contributed by atoms with Gasteiger partial charge in [-0.25, -0.2) is 0 Å². The minimum absolute atomic E-state index is 0.000612. The molecular weight excluding hydrogens is 334 g/mol. The summed E-state index contributed by atoms with van der Waals surface area (Å²) in [4.78, 5) is 0.